The first-order valence-electron chi connectivity index (χ1n) is 9.03. The molecular weight excluding hydrogens is 327 g/mol. The predicted octanol–water partition coefficient (Wildman–Crippen LogP) is 4.88. The molecule has 0 unspecified atom stereocenters. The molecule has 1 aliphatic carbocycles. The van der Waals surface area contributed by atoms with E-state index in [9.17, 15) is 0 Å². The first-order chi connectivity index (χ1) is 11.8. The fraction of sp³-hybridized carbons (Fsp3) is 0.429. The van der Waals surface area contributed by atoms with Crippen LogP contribution in [0.25, 0.3) is 16.8 Å². The van der Waals surface area contributed by atoms with Gasteiger partial charge in [-0.2, -0.15) is 12.6 Å². The second-order valence-corrected chi connectivity index (χ2v) is 8.44. The summed E-state index contributed by atoms with van der Waals surface area (Å²) in [5.41, 5.74) is 4.56. The Bertz CT molecular complexity index is 843. The van der Waals surface area contributed by atoms with Gasteiger partial charge in [-0.3, -0.25) is 0 Å². The van der Waals surface area contributed by atoms with Crippen LogP contribution in [0.4, 0.5) is 0 Å². The number of thiol groups is 1. The number of hydrogen-bond donors (Lipinski definition) is 1. The highest BCUT2D eigenvalue weighted by molar-refractivity contribution is 7.80. The third kappa shape index (κ3) is 2.75. The SMILES string of the molecule is CC1(C)OB(C(=Cc2ccc3c4c(cccc24)CC3)CS)OC1(C)C. The van der Waals surface area contributed by atoms with E-state index in [-0.39, 0.29) is 18.3 Å². The number of benzene rings is 2. The van der Waals surface area contributed by atoms with Crippen molar-refractivity contribution in [2.45, 2.75) is 51.7 Å². The van der Waals surface area contributed by atoms with Gasteiger partial charge in [-0.15, -0.1) is 0 Å². The lowest BCUT2D eigenvalue weighted by Crippen LogP contribution is -2.41. The van der Waals surface area contributed by atoms with E-state index >= 15 is 0 Å². The van der Waals surface area contributed by atoms with Crippen molar-refractivity contribution in [2.75, 3.05) is 5.75 Å². The van der Waals surface area contributed by atoms with Gasteiger partial charge in [0.1, 0.15) is 0 Å². The summed E-state index contributed by atoms with van der Waals surface area (Å²) >= 11 is 4.55. The number of aryl methyl sites for hydroxylation is 2. The van der Waals surface area contributed by atoms with E-state index in [4.69, 9.17) is 9.31 Å². The first kappa shape index (κ1) is 17.2. The van der Waals surface area contributed by atoms with Gasteiger partial charge in [-0.25, -0.2) is 0 Å². The van der Waals surface area contributed by atoms with Gasteiger partial charge in [0, 0.05) is 5.75 Å². The Labute approximate surface area is 156 Å². The van der Waals surface area contributed by atoms with Crippen molar-refractivity contribution in [3.63, 3.8) is 0 Å². The molecule has 0 N–H and O–H groups in total. The molecule has 25 heavy (non-hydrogen) atoms. The van der Waals surface area contributed by atoms with Gasteiger partial charge in [0.25, 0.3) is 0 Å². The van der Waals surface area contributed by atoms with Crippen LogP contribution in [0.15, 0.2) is 35.8 Å². The molecule has 0 atom stereocenters. The van der Waals surface area contributed by atoms with Crippen LogP contribution in [0.2, 0.25) is 0 Å². The second-order valence-electron chi connectivity index (χ2n) is 8.12. The zero-order valence-electron chi connectivity index (χ0n) is 15.4. The summed E-state index contributed by atoms with van der Waals surface area (Å²) in [5.74, 6) is 0.611. The summed E-state index contributed by atoms with van der Waals surface area (Å²) < 4.78 is 12.4. The highest BCUT2D eigenvalue weighted by Crippen LogP contribution is 2.40. The summed E-state index contributed by atoms with van der Waals surface area (Å²) in [7, 11) is -0.342. The van der Waals surface area contributed by atoms with Crippen molar-refractivity contribution < 1.29 is 9.31 Å². The van der Waals surface area contributed by atoms with Crippen LogP contribution < -0.4 is 0 Å². The van der Waals surface area contributed by atoms with E-state index in [1.807, 2.05) is 0 Å². The van der Waals surface area contributed by atoms with Crippen LogP contribution in [-0.2, 0) is 22.2 Å². The minimum Gasteiger partial charge on any atom is -0.400 e. The van der Waals surface area contributed by atoms with Crippen molar-refractivity contribution in [2.24, 2.45) is 0 Å². The highest BCUT2D eigenvalue weighted by atomic mass is 32.1. The summed E-state index contributed by atoms with van der Waals surface area (Å²) in [6.07, 6.45) is 4.50. The Morgan fingerprint density at radius 3 is 2.32 bits per heavy atom. The Balaban J connectivity index is 1.77. The zero-order chi connectivity index (χ0) is 17.8. The van der Waals surface area contributed by atoms with Crippen molar-refractivity contribution in [1.29, 1.82) is 0 Å². The Morgan fingerprint density at radius 1 is 1.04 bits per heavy atom. The molecule has 130 valence electrons. The molecule has 4 heteroatoms. The van der Waals surface area contributed by atoms with Gasteiger partial charge < -0.3 is 9.31 Å². The fourth-order valence-electron chi connectivity index (χ4n) is 3.78. The lowest BCUT2D eigenvalue weighted by Gasteiger charge is -2.32. The van der Waals surface area contributed by atoms with Crippen LogP contribution in [0.1, 0.15) is 44.4 Å². The number of rotatable bonds is 3. The molecule has 0 bridgehead atoms. The molecule has 1 heterocycles. The molecule has 0 radical (unpaired) electrons. The maximum absolute atomic E-state index is 6.22. The Hall–Kier alpha value is -1.23. The molecular formula is C21H25BO2S. The third-order valence-electron chi connectivity index (χ3n) is 5.99. The van der Waals surface area contributed by atoms with Crippen molar-refractivity contribution in [3.05, 3.63) is 52.5 Å². The van der Waals surface area contributed by atoms with Crippen LogP contribution in [0, 0.1) is 0 Å². The summed E-state index contributed by atoms with van der Waals surface area (Å²) in [5, 5.41) is 2.76. The lowest BCUT2D eigenvalue weighted by atomic mass is 9.78. The average Bonchev–Trinajstić information content (AvgIpc) is 3.07. The number of hydrogen-bond acceptors (Lipinski definition) is 3. The molecule has 1 saturated heterocycles. The van der Waals surface area contributed by atoms with E-state index in [1.54, 1.807) is 0 Å². The van der Waals surface area contributed by atoms with Gasteiger partial charge in [-0.1, -0.05) is 36.4 Å². The topological polar surface area (TPSA) is 18.5 Å². The van der Waals surface area contributed by atoms with Gasteiger partial charge in [0.15, 0.2) is 0 Å². The lowest BCUT2D eigenvalue weighted by molar-refractivity contribution is 0.00578. The standard InChI is InChI=1S/C21H25BO2S/c1-20(2)21(3,4)24-22(23-20)17(13-25)12-16-11-10-15-9-8-14-6-5-7-18(16)19(14)15/h5-7,10-12,25H,8-9,13H2,1-4H3. The molecule has 2 aromatic rings. The fourth-order valence-corrected chi connectivity index (χ4v) is 4.02. The second kappa shape index (κ2) is 5.90. The first-order valence-corrected chi connectivity index (χ1v) is 9.66. The largest absolute Gasteiger partial charge is 0.491 e. The normalized spacial score (nSPS) is 21.3. The molecule has 2 nitrogen and oxygen atoms in total. The quantitative estimate of drug-likeness (QED) is 0.627. The Kier molecular flexibility index (Phi) is 4.06. The minimum atomic E-state index is -0.342. The van der Waals surface area contributed by atoms with Crippen LogP contribution >= 0.6 is 12.6 Å². The summed E-state index contributed by atoms with van der Waals surface area (Å²) in [6.45, 7) is 8.34. The van der Waals surface area contributed by atoms with Crippen LogP contribution in [-0.4, -0.2) is 24.1 Å². The molecule has 2 aliphatic rings. The van der Waals surface area contributed by atoms with E-state index in [0.29, 0.717) is 5.75 Å². The molecule has 1 fully saturated rings. The van der Waals surface area contributed by atoms with Gasteiger partial charge in [0.2, 0.25) is 0 Å². The molecule has 4 rings (SSSR count). The molecule has 1 aliphatic heterocycles. The molecule has 0 aromatic heterocycles. The molecule has 0 spiro atoms. The van der Waals surface area contributed by atoms with Crippen molar-refractivity contribution in [1.82, 2.24) is 0 Å². The molecule has 0 saturated carbocycles. The monoisotopic (exact) mass is 352 g/mol. The zero-order valence-corrected chi connectivity index (χ0v) is 16.3. The van der Waals surface area contributed by atoms with Gasteiger partial charge in [0.05, 0.1) is 11.2 Å². The van der Waals surface area contributed by atoms with E-state index < -0.39 is 0 Å². The third-order valence-corrected chi connectivity index (χ3v) is 6.36. The molecule has 2 aromatic carbocycles. The predicted molar refractivity (Wildman–Crippen MR) is 109 cm³/mol. The highest BCUT2D eigenvalue weighted by Gasteiger charge is 2.52. The maximum Gasteiger partial charge on any atom is 0.491 e. The maximum atomic E-state index is 6.22. The van der Waals surface area contributed by atoms with E-state index in [2.05, 4.69) is 76.7 Å². The summed E-state index contributed by atoms with van der Waals surface area (Å²) in [6, 6.07) is 11.1. The average molecular weight is 352 g/mol. The van der Waals surface area contributed by atoms with Crippen molar-refractivity contribution in [3.8, 4) is 0 Å². The van der Waals surface area contributed by atoms with Crippen LogP contribution in [0.3, 0.4) is 0 Å². The Morgan fingerprint density at radius 2 is 1.68 bits per heavy atom. The minimum absolute atomic E-state index is 0.332. The van der Waals surface area contributed by atoms with Crippen molar-refractivity contribution >= 4 is 36.6 Å². The van der Waals surface area contributed by atoms with E-state index in [1.165, 1.54) is 27.5 Å². The van der Waals surface area contributed by atoms with Gasteiger partial charge >= 0.3 is 7.12 Å². The summed E-state index contributed by atoms with van der Waals surface area (Å²) in [4.78, 5) is 0. The molecule has 0 amide bonds. The van der Waals surface area contributed by atoms with E-state index in [0.717, 1.165) is 18.3 Å². The van der Waals surface area contributed by atoms with Crippen LogP contribution in [0.5, 0.6) is 0 Å². The smallest absolute Gasteiger partial charge is 0.400 e. The van der Waals surface area contributed by atoms with Gasteiger partial charge in [-0.05, 0) is 73.5 Å².